The molecule has 0 aromatic carbocycles. The van der Waals surface area contributed by atoms with Crippen LogP contribution in [0.4, 0.5) is 18.9 Å². The molecule has 0 aliphatic rings. The van der Waals surface area contributed by atoms with Crippen molar-refractivity contribution in [3.63, 3.8) is 0 Å². The van der Waals surface area contributed by atoms with E-state index in [4.69, 9.17) is 0 Å². The zero-order chi connectivity index (χ0) is 5.41. The van der Waals surface area contributed by atoms with Gasteiger partial charge in [0.15, 0.2) is 2.95 Å². The van der Waals surface area contributed by atoms with Crippen LogP contribution in [-0.4, -0.2) is 2.95 Å². The molecule has 0 aromatic rings. The van der Waals surface area contributed by atoms with Crippen LogP contribution in [0.15, 0.2) is 0 Å². The molecule has 39 valence electrons. The van der Waals surface area contributed by atoms with E-state index < -0.39 is 0 Å². The van der Waals surface area contributed by atoms with Gasteiger partial charge in [0.2, 0.25) is 0 Å². The fraction of sp³-hybridized carbons (Fsp3) is 0. The summed E-state index contributed by atoms with van der Waals surface area (Å²) in [7, 11) is 0. The summed E-state index contributed by atoms with van der Waals surface area (Å²) >= 11 is 0. The molecule has 0 aliphatic carbocycles. The van der Waals surface area contributed by atoms with E-state index >= 15 is 0 Å². The summed E-state index contributed by atoms with van der Waals surface area (Å²) in [6.07, 6.45) is 0. The van der Waals surface area contributed by atoms with Gasteiger partial charge in [-0.15, -0.1) is 0 Å². The van der Waals surface area contributed by atoms with Gasteiger partial charge in [-0.1, -0.05) is 0 Å². The summed E-state index contributed by atoms with van der Waals surface area (Å²) < 4.78 is 37.0. The number of halogens is 4. The molecule has 0 aliphatic heterocycles. The number of rotatable bonds is 0. The van der Waals surface area contributed by atoms with Crippen LogP contribution >= 0.6 is 0 Å². The third-order valence-electron chi connectivity index (χ3n) is 0. The maximum atomic E-state index is 9.38. The quantitative estimate of drug-likeness (QED) is 0.439. The maximum Gasteiger partial charge on any atom is 2.00 e. The predicted molar refractivity (Wildman–Crippen MR) is 7.22 cm³/mol. The van der Waals surface area contributed by atoms with Crippen molar-refractivity contribution in [3.05, 3.63) is 0 Å². The Bertz CT molecular complexity index is 11.7. The Morgan fingerprint density at radius 3 is 1.00 bits per heavy atom. The van der Waals surface area contributed by atoms with E-state index in [0.717, 1.165) is 0 Å². The summed E-state index contributed by atoms with van der Waals surface area (Å²) in [6.45, 7) is 0. The Kier molecular flexibility index (Phi) is 897. The molecule has 0 nitrogen and oxygen atoms in total. The Balaban J connectivity index is -0.0000000400. The average molecular weight is 137 g/mol. The fourth-order valence-corrected chi connectivity index (χ4v) is 0. The zero-order valence-corrected chi connectivity index (χ0v) is 2.89. The first kappa shape index (κ1) is 5.23. The predicted octanol–water partition coefficient (Wildman–Crippen LogP) is 1.14. The first-order chi connectivity index (χ1) is 2.83. The van der Waals surface area contributed by atoms with Crippen LogP contribution in [-0.2, 0) is 16.8 Å². The van der Waals surface area contributed by atoms with Crippen LogP contribution in [0.2, 0.25) is 0 Å². The largest absolute Gasteiger partial charge is 2.00 e. The first-order valence-corrected chi connectivity index (χ1v) is 0. The molecule has 0 fully saturated rings. The van der Waals surface area contributed by atoms with E-state index in [2.05, 4.69) is 0 Å². The molecule has 0 saturated carbocycles. The van der Waals surface area contributed by atoms with Gasteiger partial charge in [0.25, 0.3) is 0 Å². The molecule has 5 heavy (non-hydrogen) atoms. The van der Waals surface area contributed by atoms with Crippen molar-refractivity contribution in [3.8, 4) is 0 Å². The second-order valence-electron chi connectivity index (χ2n) is 0. The normalized spacial score (nSPS) is 4.00. The van der Waals surface area contributed by atoms with E-state index in [1.54, 1.807) is 0 Å². The molecule has 0 aromatic heterocycles. The zero-order valence-electron chi connectivity index (χ0n) is 3.85. The molecule has 0 atom stereocenters. The molecule has 1 radical (unpaired) electrons. The molecule has 5 heteroatoms. The minimum Gasteiger partial charge on any atom is -0.590 e. The topological polar surface area (TPSA) is 0 Å². The third-order valence-corrected chi connectivity index (χ3v) is 0. The molecule has 0 heterocycles. The first-order valence-electron chi connectivity index (χ1n) is 1.51. The van der Waals surface area contributed by atoms with Gasteiger partial charge in [0, 0.05) is 0 Å². The summed E-state index contributed by atoms with van der Waals surface area (Å²) in [6, 6.07) is 0. The van der Waals surface area contributed by atoms with Crippen LogP contribution in [0, 0.1) is 0 Å². The minimum absolute atomic E-state index is 0. The van der Waals surface area contributed by atoms with Gasteiger partial charge in [-0.25, -0.2) is 0 Å². The van der Waals surface area contributed by atoms with Gasteiger partial charge >= 0.3 is 16.8 Å². The van der Waals surface area contributed by atoms with E-state index in [9.17, 15) is 18.9 Å². The van der Waals surface area contributed by atoms with E-state index in [-0.39, 0.29) is 19.7 Å². The Morgan fingerprint density at radius 2 is 1.00 bits per heavy atom. The average Bonchev–Trinajstić information content (AvgIpc) is 1.39. The monoisotopic (exact) mass is 137 g/mol. The second kappa shape index (κ2) is 858. The van der Waals surface area contributed by atoms with E-state index in [1.165, 1.54) is 0 Å². The number of hydrogen-bond acceptors (Lipinski definition) is 0. The van der Waals surface area contributed by atoms with Crippen molar-refractivity contribution in [2.24, 2.45) is 0 Å². The maximum absolute atomic E-state index is 9.38. The summed E-state index contributed by atoms with van der Waals surface area (Å²) in [5.41, 5.74) is 0. The van der Waals surface area contributed by atoms with Crippen molar-refractivity contribution in [2.45, 2.75) is 0 Å². The third kappa shape index (κ3) is 408. The molecule has 0 saturated heterocycles. The standard InChI is InChI=1S/Co.2F2H/c;2*1-3-2/q+2;2*-1. The molecular weight excluding hydrogens is 135 g/mol. The fourth-order valence-electron chi connectivity index (χ4n) is 0. The van der Waals surface area contributed by atoms with Crippen molar-refractivity contribution < 1.29 is 35.6 Å². The molecule has 0 unspecified atom stereocenters. The van der Waals surface area contributed by atoms with E-state index in [0.29, 0.717) is 0 Å². The van der Waals surface area contributed by atoms with Crippen molar-refractivity contribution in [1.29, 1.82) is 2.95 Å². The SMILES string of the molecule is F[H-]F.F[H-]F.[Co+2]. The summed E-state index contributed by atoms with van der Waals surface area (Å²) in [5.74, 6) is 0. The molecule has 0 bridgehead atoms. The number of hydrogen-bond donors (Lipinski definition) is 0. The Labute approximate surface area is 39.7 Å². The van der Waals surface area contributed by atoms with Gasteiger partial charge in [0.1, 0.15) is 0 Å². The van der Waals surface area contributed by atoms with Gasteiger partial charge in [-0.2, -0.15) is 0 Å². The summed E-state index contributed by atoms with van der Waals surface area (Å²) in [4.78, 5) is 0. The molecule has 0 amide bonds. The smallest absolute Gasteiger partial charge is 0.590 e. The van der Waals surface area contributed by atoms with Crippen molar-refractivity contribution in [2.75, 3.05) is 0 Å². The van der Waals surface area contributed by atoms with Gasteiger partial charge < -0.3 is 18.9 Å². The van der Waals surface area contributed by atoms with Crippen LogP contribution in [0.25, 0.3) is 0 Å². The molecule has 0 spiro atoms. The second-order valence-corrected chi connectivity index (χ2v) is 0. The van der Waals surface area contributed by atoms with Gasteiger partial charge in [0.05, 0.1) is 0 Å². The van der Waals surface area contributed by atoms with Gasteiger partial charge in [-0.3, -0.25) is 0 Å². The van der Waals surface area contributed by atoms with Crippen LogP contribution in [0.3, 0.4) is 0 Å². The molecule has 0 rings (SSSR count). The Morgan fingerprint density at radius 1 is 1.00 bits per heavy atom. The molecular formula is H2CoF4. The molecule has 0 N–H and O–H groups in total. The Hall–Kier alpha value is 0.226. The summed E-state index contributed by atoms with van der Waals surface area (Å²) in [5, 5.41) is 0. The minimum atomic E-state index is -0.250. The van der Waals surface area contributed by atoms with Crippen LogP contribution < -0.4 is 0 Å². The van der Waals surface area contributed by atoms with Crippen LogP contribution in [0.1, 0.15) is 0 Å². The van der Waals surface area contributed by atoms with Gasteiger partial charge in [-0.05, 0) is 0 Å². The van der Waals surface area contributed by atoms with Crippen molar-refractivity contribution in [1.82, 2.24) is 0 Å². The van der Waals surface area contributed by atoms with E-state index in [1.807, 2.05) is 0 Å². The van der Waals surface area contributed by atoms with Crippen molar-refractivity contribution >= 4 is 0 Å². The van der Waals surface area contributed by atoms with Crippen LogP contribution in [0.5, 0.6) is 0 Å².